The first kappa shape index (κ1) is 18.1. The minimum Gasteiger partial charge on any atom is -0.353 e. The standard InChI is InChI=1S/C16H17ClN4O2S3/c1-2-11-9-12-15(18-10-19-16(12)24-11)20-5-7-21(8-6-20)26(22,23)14-4-3-13(17)25-14/h3-4,9-10H,2,5-8H2,1H3. The van der Waals surface area contributed by atoms with E-state index in [0.29, 0.717) is 34.7 Å². The van der Waals surface area contributed by atoms with Gasteiger partial charge in [0.1, 0.15) is 21.2 Å². The van der Waals surface area contributed by atoms with E-state index in [0.717, 1.165) is 33.8 Å². The van der Waals surface area contributed by atoms with Crippen LogP contribution in [0.4, 0.5) is 5.82 Å². The van der Waals surface area contributed by atoms with E-state index in [2.05, 4.69) is 27.9 Å². The summed E-state index contributed by atoms with van der Waals surface area (Å²) in [6.45, 7) is 4.17. The second kappa shape index (κ2) is 7.05. The van der Waals surface area contributed by atoms with E-state index >= 15 is 0 Å². The molecule has 0 aromatic carbocycles. The van der Waals surface area contributed by atoms with E-state index in [4.69, 9.17) is 11.6 Å². The lowest BCUT2D eigenvalue weighted by Crippen LogP contribution is -2.48. The number of fused-ring (bicyclic) bond motifs is 1. The van der Waals surface area contributed by atoms with Crippen LogP contribution in [0, 0.1) is 0 Å². The summed E-state index contributed by atoms with van der Waals surface area (Å²) < 4.78 is 27.8. The van der Waals surface area contributed by atoms with Crippen molar-refractivity contribution >= 4 is 60.3 Å². The van der Waals surface area contributed by atoms with E-state index in [1.807, 2.05) is 0 Å². The molecule has 0 atom stereocenters. The molecule has 0 N–H and O–H groups in total. The Morgan fingerprint density at radius 1 is 1.15 bits per heavy atom. The Hall–Kier alpha value is -1.26. The Bertz CT molecular complexity index is 1040. The summed E-state index contributed by atoms with van der Waals surface area (Å²) in [5, 5.41) is 1.05. The van der Waals surface area contributed by atoms with Crippen molar-refractivity contribution in [2.75, 3.05) is 31.1 Å². The molecule has 0 spiro atoms. The maximum atomic E-state index is 12.7. The fourth-order valence-corrected chi connectivity index (χ4v) is 7.01. The van der Waals surface area contributed by atoms with Gasteiger partial charge in [0.2, 0.25) is 0 Å². The summed E-state index contributed by atoms with van der Waals surface area (Å²) in [4.78, 5) is 13.2. The van der Waals surface area contributed by atoms with Crippen molar-refractivity contribution in [3.8, 4) is 0 Å². The van der Waals surface area contributed by atoms with Crippen LogP contribution in [0.2, 0.25) is 4.34 Å². The van der Waals surface area contributed by atoms with Crippen molar-refractivity contribution in [2.24, 2.45) is 0 Å². The largest absolute Gasteiger partial charge is 0.353 e. The van der Waals surface area contributed by atoms with Crippen LogP contribution in [0.5, 0.6) is 0 Å². The molecule has 0 aliphatic carbocycles. The van der Waals surface area contributed by atoms with Crippen LogP contribution in [0.3, 0.4) is 0 Å². The Labute approximate surface area is 165 Å². The number of thiophene rings is 2. The lowest BCUT2D eigenvalue weighted by Gasteiger charge is -2.34. The Kier molecular flexibility index (Phi) is 4.91. The predicted octanol–water partition coefficient (Wildman–Crippen LogP) is 3.48. The van der Waals surface area contributed by atoms with Crippen LogP contribution in [0.1, 0.15) is 11.8 Å². The molecule has 0 bridgehead atoms. The van der Waals surface area contributed by atoms with Gasteiger partial charge in [-0.1, -0.05) is 18.5 Å². The van der Waals surface area contributed by atoms with Gasteiger partial charge in [-0.15, -0.1) is 22.7 Å². The van der Waals surface area contributed by atoms with E-state index in [1.54, 1.807) is 29.8 Å². The molecule has 1 saturated heterocycles. The van der Waals surface area contributed by atoms with Crippen LogP contribution in [0.15, 0.2) is 28.7 Å². The minimum absolute atomic E-state index is 0.297. The van der Waals surface area contributed by atoms with Crippen LogP contribution in [0.25, 0.3) is 10.2 Å². The highest BCUT2D eigenvalue weighted by atomic mass is 35.5. The average Bonchev–Trinajstić information content (AvgIpc) is 3.27. The number of rotatable bonds is 4. The SMILES string of the molecule is CCc1cc2c(N3CCN(S(=O)(=O)c4ccc(Cl)s4)CC3)ncnc2s1. The zero-order valence-corrected chi connectivity index (χ0v) is 17.3. The molecule has 3 aromatic rings. The third-order valence-electron chi connectivity index (χ3n) is 4.39. The third kappa shape index (κ3) is 3.22. The van der Waals surface area contributed by atoms with Crippen molar-refractivity contribution < 1.29 is 8.42 Å². The van der Waals surface area contributed by atoms with E-state index < -0.39 is 10.0 Å². The van der Waals surface area contributed by atoms with Crippen molar-refractivity contribution in [3.63, 3.8) is 0 Å². The first-order valence-electron chi connectivity index (χ1n) is 8.23. The van der Waals surface area contributed by atoms with Gasteiger partial charge in [0.15, 0.2) is 0 Å². The number of nitrogens with zero attached hydrogens (tertiary/aromatic N) is 4. The summed E-state index contributed by atoms with van der Waals surface area (Å²) in [6, 6.07) is 5.33. The molecule has 0 amide bonds. The van der Waals surface area contributed by atoms with Gasteiger partial charge in [-0.3, -0.25) is 0 Å². The zero-order valence-electron chi connectivity index (χ0n) is 14.1. The highest BCUT2D eigenvalue weighted by Crippen LogP contribution is 2.32. The average molecular weight is 429 g/mol. The van der Waals surface area contributed by atoms with E-state index in [1.165, 1.54) is 9.18 Å². The maximum absolute atomic E-state index is 12.7. The number of anilines is 1. The summed E-state index contributed by atoms with van der Waals surface area (Å²) in [5.41, 5.74) is 0. The Balaban J connectivity index is 1.55. The maximum Gasteiger partial charge on any atom is 0.252 e. The normalized spacial score (nSPS) is 16.5. The van der Waals surface area contributed by atoms with Crippen molar-refractivity contribution in [3.05, 3.63) is 33.7 Å². The van der Waals surface area contributed by atoms with Gasteiger partial charge >= 0.3 is 0 Å². The molecule has 26 heavy (non-hydrogen) atoms. The number of hydrogen-bond acceptors (Lipinski definition) is 7. The topological polar surface area (TPSA) is 66.4 Å². The predicted molar refractivity (Wildman–Crippen MR) is 107 cm³/mol. The summed E-state index contributed by atoms with van der Waals surface area (Å²) in [5.74, 6) is 0.891. The smallest absolute Gasteiger partial charge is 0.252 e. The number of sulfonamides is 1. The van der Waals surface area contributed by atoms with Crippen LogP contribution in [-0.4, -0.2) is 48.9 Å². The molecule has 138 valence electrons. The molecule has 4 rings (SSSR count). The highest BCUT2D eigenvalue weighted by Gasteiger charge is 2.30. The molecule has 6 nitrogen and oxygen atoms in total. The van der Waals surface area contributed by atoms with E-state index in [-0.39, 0.29) is 0 Å². The van der Waals surface area contributed by atoms with Gasteiger partial charge in [0.25, 0.3) is 10.0 Å². The molecule has 1 fully saturated rings. The zero-order chi connectivity index (χ0) is 18.3. The highest BCUT2D eigenvalue weighted by molar-refractivity contribution is 7.91. The molecule has 1 aliphatic heterocycles. The minimum atomic E-state index is -3.48. The number of halogens is 1. The van der Waals surface area contributed by atoms with Gasteiger partial charge in [-0.05, 0) is 24.6 Å². The molecule has 0 unspecified atom stereocenters. The van der Waals surface area contributed by atoms with Crippen LogP contribution in [-0.2, 0) is 16.4 Å². The summed E-state index contributed by atoms with van der Waals surface area (Å²) in [7, 11) is -3.48. The molecular weight excluding hydrogens is 412 g/mol. The van der Waals surface area contributed by atoms with Gasteiger partial charge in [-0.2, -0.15) is 4.31 Å². The van der Waals surface area contributed by atoms with Crippen LogP contribution >= 0.6 is 34.3 Å². The Morgan fingerprint density at radius 3 is 2.58 bits per heavy atom. The summed E-state index contributed by atoms with van der Waals surface area (Å²) >= 11 is 8.67. The fraction of sp³-hybridized carbons (Fsp3) is 0.375. The molecule has 0 radical (unpaired) electrons. The molecule has 10 heteroatoms. The molecule has 3 aromatic heterocycles. The second-order valence-corrected chi connectivity index (χ2v) is 10.9. The first-order valence-corrected chi connectivity index (χ1v) is 11.7. The number of aryl methyl sites for hydroxylation is 1. The lowest BCUT2D eigenvalue weighted by atomic mass is 10.2. The van der Waals surface area contributed by atoms with Crippen molar-refractivity contribution in [2.45, 2.75) is 17.6 Å². The summed E-state index contributed by atoms with van der Waals surface area (Å²) in [6.07, 6.45) is 2.56. The Morgan fingerprint density at radius 2 is 1.92 bits per heavy atom. The van der Waals surface area contributed by atoms with Crippen molar-refractivity contribution in [1.82, 2.24) is 14.3 Å². The number of aromatic nitrogens is 2. The first-order chi connectivity index (χ1) is 12.5. The molecule has 4 heterocycles. The third-order valence-corrected chi connectivity index (χ3v) is 9.17. The van der Waals surface area contributed by atoms with Gasteiger partial charge in [0.05, 0.1) is 9.72 Å². The van der Waals surface area contributed by atoms with Crippen LogP contribution < -0.4 is 4.90 Å². The number of piperazine rings is 1. The van der Waals surface area contributed by atoms with Gasteiger partial charge < -0.3 is 4.90 Å². The fourth-order valence-electron chi connectivity index (χ4n) is 3.02. The second-order valence-electron chi connectivity index (χ2n) is 5.93. The monoisotopic (exact) mass is 428 g/mol. The van der Waals surface area contributed by atoms with Gasteiger partial charge in [-0.25, -0.2) is 18.4 Å². The molecular formula is C16H17ClN4O2S3. The number of hydrogen-bond donors (Lipinski definition) is 0. The lowest BCUT2D eigenvalue weighted by molar-refractivity contribution is 0.385. The van der Waals surface area contributed by atoms with E-state index in [9.17, 15) is 8.42 Å². The molecule has 0 saturated carbocycles. The molecule has 1 aliphatic rings. The quantitative estimate of drug-likeness (QED) is 0.636. The van der Waals surface area contributed by atoms with Gasteiger partial charge in [0, 0.05) is 31.1 Å². The van der Waals surface area contributed by atoms with Crippen molar-refractivity contribution in [1.29, 1.82) is 0 Å².